The highest BCUT2D eigenvalue weighted by molar-refractivity contribution is 7.48. The predicted octanol–water partition coefficient (Wildman–Crippen LogP) is 1.80. The van der Waals surface area contributed by atoms with Crippen molar-refractivity contribution in [3.63, 3.8) is 0 Å². The average Bonchev–Trinajstić information content (AvgIpc) is 2.38. The van der Waals surface area contributed by atoms with Gasteiger partial charge in [0.2, 0.25) is 0 Å². The lowest BCUT2D eigenvalue weighted by Crippen LogP contribution is -2.08. The molecule has 0 aromatic heterocycles. The summed E-state index contributed by atoms with van der Waals surface area (Å²) in [7, 11) is -1.57. The minimum Gasteiger partial charge on any atom is -0.469 e. The molecule has 9 heteroatoms. The highest BCUT2D eigenvalue weighted by Gasteiger charge is 2.29. The molecule has 0 amide bonds. The lowest BCUT2D eigenvalue weighted by Gasteiger charge is -2.18. The Bertz CT molecular complexity index is 393. The van der Waals surface area contributed by atoms with Gasteiger partial charge in [0, 0.05) is 0 Å². The zero-order valence-electron chi connectivity index (χ0n) is 11.9. The quantitative estimate of drug-likeness (QED) is 0.275. The van der Waals surface area contributed by atoms with Crippen LogP contribution < -0.4 is 0 Å². The molecule has 116 valence electrons. The Labute approximate surface area is 117 Å². The van der Waals surface area contributed by atoms with Gasteiger partial charge in [-0.3, -0.25) is 13.8 Å². The van der Waals surface area contributed by atoms with Crippen LogP contribution in [0.2, 0.25) is 0 Å². The Hall–Kier alpha value is -1.37. The second-order valence-corrected chi connectivity index (χ2v) is 4.85. The molecule has 0 saturated carbocycles. The van der Waals surface area contributed by atoms with E-state index in [9.17, 15) is 14.2 Å². The molecule has 0 aliphatic heterocycles. The molecule has 0 bridgehead atoms. The lowest BCUT2D eigenvalue weighted by molar-refractivity contribution is -0.140. The van der Waals surface area contributed by atoms with E-state index in [-0.39, 0.29) is 19.0 Å². The van der Waals surface area contributed by atoms with Gasteiger partial charge in [-0.15, -0.1) is 0 Å². The second kappa shape index (κ2) is 9.52. The van der Waals surface area contributed by atoms with Crippen LogP contribution in [-0.4, -0.2) is 39.4 Å². The normalized spacial score (nSPS) is 11.9. The number of carbonyl (C=O) groups is 2. The van der Waals surface area contributed by atoms with E-state index in [1.54, 1.807) is 13.8 Å². The predicted molar refractivity (Wildman–Crippen MR) is 68.7 cm³/mol. The number of phosphoric ester groups is 1. The molecule has 0 rings (SSSR count). The van der Waals surface area contributed by atoms with E-state index < -0.39 is 26.2 Å². The van der Waals surface area contributed by atoms with Gasteiger partial charge in [-0.25, -0.2) is 9.36 Å². The third kappa shape index (κ3) is 7.28. The second-order valence-electron chi connectivity index (χ2n) is 3.26. The zero-order chi connectivity index (χ0) is 15.6. The van der Waals surface area contributed by atoms with Crippen LogP contribution >= 0.6 is 7.82 Å². The number of ether oxygens (including phenoxy) is 2. The van der Waals surface area contributed by atoms with E-state index in [1.165, 1.54) is 7.11 Å². The van der Waals surface area contributed by atoms with E-state index in [2.05, 4.69) is 9.47 Å². The maximum absolute atomic E-state index is 12.2. The number of hydrogen-bond acceptors (Lipinski definition) is 8. The molecular formula is C11H19O8P. The van der Waals surface area contributed by atoms with E-state index in [1.807, 2.05) is 0 Å². The van der Waals surface area contributed by atoms with Crippen molar-refractivity contribution in [2.45, 2.75) is 20.3 Å². The van der Waals surface area contributed by atoms with Gasteiger partial charge < -0.3 is 14.0 Å². The van der Waals surface area contributed by atoms with E-state index in [0.717, 1.165) is 13.2 Å². The smallest absolute Gasteiger partial charge is 0.469 e. The van der Waals surface area contributed by atoms with E-state index in [4.69, 9.17) is 13.6 Å². The van der Waals surface area contributed by atoms with Crippen LogP contribution in [0, 0.1) is 0 Å². The fourth-order valence-electron chi connectivity index (χ4n) is 1.06. The lowest BCUT2D eigenvalue weighted by atomic mass is 10.3. The Morgan fingerprint density at radius 1 is 1.05 bits per heavy atom. The molecule has 0 heterocycles. The van der Waals surface area contributed by atoms with Crippen molar-refractivity contribution in [1.82, 2.24) is 0 Å². The van der Waals surface area contributed by atoms with Crippen LogP contribution in [0.1, 0.15) is 20.3 Å². The topological polar surface area (TPSA) is 97.4 Å². The first kappa shape index (κ1) is 18.6. The van der Waals surface area contributed by atoms with Crippen molar-refractivity contribution in [3.8, 4) is 0 Å². The van der Waals surface area contributed by atoms with Gasteiger partial charge in [0.05, 0.1) is 33.5 Å². The van der Waals surface area contributed by atoms with Crippen molar-refractivity contribution >= 4 is 19.8 Å². The summed E-state index contributed by atoms with van der Waals surface area (Å²) in [5, 5.41) is 0. The number of esters is 2. The Morgan fingerprint density at radius 3 is 2.00 bits per heavy atom. The number of hydrogen-bond donors (Lipinski definition) is 0. The first-order valence-electron chi connectivity index (χ1n) is 5.84. The molecule has 8 nitrogen and oxygen atoms in total. The minimum absolute atomic E-state index is 0.0704. The number of methoxy groups -OCH3 is 2. The SMILES string of the molecule is CCOP(=O)(OCC)O/C(=C\C(=O)OC)CC(=O)OC. The third-order valence-corrected chi connectivity index (χ3v) is 3.44. The first-order valence-corrected chi connectivity index (χ1v) is 7.30. The maximum atomic E-state index is 12.2. The van der Waals surface area contributed by atoms with Crippen molar-refractivity contribution in [2.24, 2.45) is 0 Å². The largest absolute Gasteiger partial charge is 0.529 e. The van der Waals surface area contributed by atoms with Gasteiger partial charge in [0.1, 0.15) is 12.2 Å². The summed E-state index contributed by atoms with van der Waals surface area (Å²) in [5.41, 5.74) is 0. The summed E-state index contributed by atoms with van der Waals surface area (Å²) >= 11 is 0. The van der Waals surface area contributed by atoms with Gasteiger partial charge in [0.25, 0.3) is 0 Å². The van der Waals surface area contributed by atoms with Crippen molar-refractivity contribution in [2.75, 3.05) is 27.4 Å². The van der Waals surface area contributed by atoms with Gasteiger partial charge >= 0.3 is 19.8 Å². The average molecular weight is 310 g/mol. The standard InChI is InChI=1S/C11H19O8P/c1-5-17-20(14,18-6-2)19-9(7-10(12)15-3)8-11(13)16-4/h7H,5-6,8H2,1-4H3/b9-7-. The van der Waals surface area contributed by atoms with Crippen LogP contribution in [-0.2, 0) is 37.2 Å². The van der Waals surface area contributed by atoms with Gasteiger partial charge in [0.15, 0.2) is 0 Å². The molecule has 0 unspecified atom stereocenters. The highest BCUT2D eigenvalue weighted by atomic mass is 31.2. The van der Waals surface area contributed by atoms with Crippen LogP contribution in [0.4, 0.5) is 0 Å². The summed E-state index contributed by atoms with van der Waals surface area (Å²) in [6.45, 7) is 3.33. The summed E-state index contributed by atoms with van der Waals surface area (Å²) < 4.78 is 35.8. The Morgan fingerprint density at radius 2 is 1.60 bits per heavy atom. The summed E-state index contributed by atoms with van der Waals surface area (Å²) in [4.78, 5) is 22.4. The van der Waals surface area contributed by atoms with Crippen LogP contribution in [0.15, 0.2) is 11.8 Å². The van der Waals surface area contributed by atoms with Crippen LogP contribution in [0.5, 0.6) is 0 Å². The molecule has 0 spiro atoms. The van der Waals surface area contributed by atoms with Gasteiger partial charge in [-0.2, -0.15) is 0 Å². The van der Waals surface area contributed by atoms with Crippen LogP contribution in [0.3, 0.4) is 0 Å². The number of carbonyl (C=O) groups excluding carboxylic acids is 2. The monoisotopic (exact) mass is 310 g/mol. The zero-order valence-corrected chi connectivity index (χ0v) is 12.8. The molecular weight excluding hydrogens is 291 g/mol. The molecule has 0 atom stereocenters. The Kier molecular flexibility index (Phi) is 8.87. The van der Waals surface area contributed by atoms with Gasteiger partial charge in [-0.05, 0) is 13.8 Å². The molecule has 0 saturated heterocycles. The van der Waals surface area contributed by atoms with Crippen molar-refractivity contribution in [1.29, 1.82) is 0 Å². The molecule has 0 aromatic carbocycles. The molecule has 0 N–H and O–H groups in total. The first-order chi connectivity index (χ1) is 9.40. The van der Waals surface area contributed by atoms with Crippen molar-refractivity contribution < 1.29 is 37.2 Å². The Balaban J connectivity index is 5.11. The molecule has 20 heavy (non-hydrogen) atoms. The molecule has 0 radical (unpaired) electrons. The fraction of sp³-hybridized carbons (Fsp3) is 0.636. The minimum atomic E-state index is -3.89. The third-order valence-electron chi connectivity index (χ3n) is 1.83. The summed E-state index contributed by atoms with van der Waals surface area (Å²) in [6, 6.07) is 0. The number of phosphoric acid groups is 1. The maximum Gasteiger partial charge on any atom is 0.529 e. The summed E-state index contributed by atoms with van der Waals surface area (Å²) in [5.74, 6) is -1.68. The fourth-order valence-corrected chi connectivity index (χ4v) is 2.28. The summed E-state index contributed by atoms with van der Waals surface area (Å²) in [6.07, 6.45) is 0.470. The van der Waals surface area contributed by atoms with E-state index >= 15 is 0 Å². The highest BCUT2D eigenvalue weighted by Crippen LogP contribution is 2.51. The molecule has 0 aliphatic rings. The van der Waals surface area contributed by atoms with Gasteiger partial charge in [-0.1, -0.05) is 0 Å². The molecule has 0 aromatic rings. The molecule has 0 aliphatic carbocycles. The molecule has 0 fully saturated rings. The van der Waals surface area contributed by atoms with Crippen LogP contribution in [0.25, 0.3) is 0 Å². The van der Waals surface area contributed by atoms with E-state index in [0.29, 0.717) is 0 Å². The number of rotatable bonds is 9. The van der Waals surface area contributed by atoms with Crippen molar-refractivity contribution in [3.05, 3.63) is 11.8 Å².